The van der Waals surface area contributed by atoms with Gasteiger partial charge < -0.3 is 49.3 Å². The Balaban J connectivity index is 0.00000131. The number of rotatable bonds is 25. The quantitative estimate of drug-likeness (QED) is 0.0338. The number of likely N-dealkylation sites (tertiary alicyclic amines) is 1. The second kappa shape index (κ2) is 36.5. The maximum Gasteiger partial charge on any atom is 0.296 e. The molecule has 0 bridgehead atoms. The number of allylic oxidation sites excluding steroid dienone is 6. The zero-order valence-electron chi connectivity index (χ0n) is 47.5. The van der Waals surface area contributed by atoms with Crippen LogP contribution in [0.5, 0.6) is 0 Å². The number of carbonyl (C=O) groups is 5. The summed E-state index contributed by atoms with van der Waals surface area (Å²) in [6.45, 7) is 23.9. The molecule has 2 heterocycles. The summed E-state index contributed by atoms with van der Waals surface area (Å²) in [7, 11) is 7.93. The highest BCUT2D eigenvalue weighted by molar-refractivity contribution is 6.38. The van der Waals surface area contributed by atoms with Crippen LogP contribution in [0.25, 0.3) is 0 Å². The fourth-order valence-electron chi connectivity index (χ4n) is 9.55. The summed E-state index contributed by atoms with van der Waals surface area (Å²) in [4.78, 5) is 64.2. The van der Waals surface area contributed by atoms with E-state index < -0.39 is 47.6 Å². The van der Waals surface area contributed by atoms with Gasteiger partial charge in [-0.2, -0.15) is 0 Å². The van der Waals surface area contributed by atoms with Gasteiger partial charge in [0.2, 0.25) is 5.79 Å². The van der Waals surface area contributed by atoms with Crippen molar-refractivity contribution in [3.8, 4) is 0 Å². The number of hydrogen-bond acceptors (Lipinski definition) is 14. The lowest BCUT2D eigenvalue weighted by Crippen LogP contribution is -2.59. The number of amides is 1. The molecule has 15 nitrogen and oxygen atoms in total. The third-order valence-corrected chi connectivity index (χ3v) is 14.2. The Morgan fingerprint density at radius 2 is 1.46 bits per heavy atom. The van der Waals surface area contributed by atoms with Crippen LogP contribution >= 0.6 is 0 Å². The van der Waals surface area contributed by atoms with E-state index in [-0.39, 0.29) is 60.3 Å². The largest absolute Gasteiger partial charge is 0.464 e. The van der Waals surface area contributed by atoms with E-state index in [9.17, 15) is 34.2 Å². The van der Waals surface area contributed by atoms with Crippen LogP contribution in [-0.2, 0) is 52.4 Å². The molecule has 0 spiro atoms. The fraction of sp³-hybridized carbons (Fsp3) is 0.772. The van der Waals surface area contributed by atoms with Gasteiger partial charge >= 0.3 is 0 Å². The second-order valence-electron chi connectivity index (χ2n) is 20.2. The Labute approximate surface area is 435 Å². The molecule has 15 heteroatoms. The van der Waals surface area contributed by atoms with E-state index in [4.69, 9.17) is 28.4 Å². The van der Waals surface area contributed by atoms with Gasteiger partial charge in [0.1, 0.15) is 24.1 Å². The van der Waals surface area contributed by atoms with Crippen LogP contribution in [0.1, 0.15) is 154 Å². The summed E-state index contributed by atoms with van der Waals surface area (Å²) < 4.78 is 33.3. The summed E-state index contributed by atoms with van der Waals surface area (Å²) in [5.41, 5.74) is 6.02. The van der Waals surface area contributed by atoms with Gasteiger partial charge in [-0.25, -0.2) is 0 Å². The van der Waals surface area contributed by atoms with Crippen LogP contribution in [-0.4, -0.2) is 141 Å². The zero-order valence-corrected chi connectivity index (χ0v) is 47.5. The van der Waals surface area contributed by atoms with Crippen LogP contribution in [0.2, 0.25) is 0 Å². The molecule has 3 fully saturated rings. The van der Waals surface area contributed by atoms with Crippen molar-refractivity contribution in [3.05, 3.63) is 47.6 Å². The number of nitrogens with zero attached hydrogens (tertiary/aromatic N) is 1. The molecule has 3 rings (SSSR count). The van der Waals surface area contributed by atoms with E-state index in [1.54, 1.807) is 66.9 Å². The number of aliphatic hydroxyl groups excluding tert-OH is 1. The molecular formula is C57H100N2O13. The molecule has 0 aromatic carbocycles. The molecular weight excluding hydrogens is 921 g/mol. The molecule has 0 aromatic rings. The maximum absolute atomic E-state index is 13.1. The van der Waals surface area contributed by atoms with Gasteiger partial charge in [0.15, 0.2) is 5.78 Å². The molecule has 72 heavy (non-hydrogen) atoms. The van der Waals surface area contributed by atoms with E-state index in [0.29, 0.717) is 49.7 Å². The van der Waals surface area contributed by atoms with Crippen LogP contribution in [0.4, 0.5) is 0 Å². The van der Waals surface area contributed by atoms with Gasteiger partial charge in [-0.3, -0.25) is 24.0 Å². The van der Waals surface area contributed by atoms with Crippen molar-refractivity contribution in [2.75, 3.05) is 42.0 Å². The summed E-state index contributed by atoms with van der Waals surface area (Å²) in [5, 5.41) is 21.9. The number of ketones is 3. The van der Waals surface area contributed by atoms with Gasteiger partial charge in [0.05, 0.1) is 24.4 Å². The number of carbonyl (C=O) groups excluding carboxylic acids is 5. The van der Waals surface area contributed by atoms with Crippen LogP contribution < -0.4 is 5.73 Å². The summed E-state index contributed by atoms with van der Waals surface area (Å²) in [5.74, 6) is -4.21. The first-order valence-electron chi connectivity index (χ1n) is 26.6. The number of nitrogens with two attached hydrogens (primary N) is 1. The molecule has 1 amide bonds. The highest BCUT2D eigenvalue weighted by Crippen LogP contribution is 2.37. The van der Waals surface area contributed by atoms with Crippen LogP contribution in [0, 0.1) is 35.5 Å². The van der Waals surface area contributed by atoms with Gasteiger partial charge in [-0.15, -0.1) is 0 Å². The second-order valence-corrected chi connectivity index (χ2v) is 20.2. The Morgan fingerprint density at radius 1 is 0.819 bits per heavy atom. The lowest BCUT2D eigenvalue weighted by Gasteiger charge is -2.42. The first-order valence-corrected chi connectivity index (χ1v) is 26.6. The highest BCUT2D eigenvalue weighted by atomic mass is 16.6. The zero-order chi connectivity index (χ0) is 55.3. The van der Waals surface area contributed by atoms with Crippen molar-refractivity contribution in [2.24, 2.45) is 41.2 Å². The maximum atomic E-state index is 13.1. The van der Waals surface area contributed by atoms with Crippen LogP contribution in [0.15, 0.2) is 47.6 Å². The minimum Gasteiger partial charge on any atom is -0.464 e. The molecule has 4 N–H and O–H groups in total. The predicted molar refractivity (Wildman–Crippen MR) is 285 cm³/mol. The lowest BCUT2D eigenvalue weighted by atomic mass is 9.78. The summed E-state index contributed by atoms with van der Waals surface area (Å²) in [6, 6.07) is 0.00240. The number of methoxy groups -OCH3 is 4. The third-order valence-electron chi connectivity index (χ3n) is 14.2. The SMILES string of the molecule is CC.CN.COC(CC1CCC(C)C(O)(C(=O)C(=O)N2CCCCC2C)O1)/C(C)=C/C=C/C=C/C(C)C.COC1CCC(CC(C)C(CC(=O)C(C)/C=C(\C)C(O)C(OC)C(=O)C(C)C)OC=O)CC1OC. The van der Waals surface area contributed by atoms with E-state index in [2.05, 4.69) is 25.7 Å². The van der Waals surface area contributed by atoms with Crippen molar-refractivity contribution >= 4 is 29.7 Å². The molecule has 2 saturated heterocycles. The standard InChI is InChI=1S/C27H43NO5.C27H46O8.C2H6.CH5N/c1-19(2)12-8-7-9-13-20(3)24(32-6)18-23-16-15-21(4)27(31,33-23)25(29)26(30)28-17-11-10-14-22(28)5;1-16(2)25(30)27(34-8)26(31)19(5)11-17(3)21(29)14-23(35-15-28)18(4)12-20-9-10-22(32-6)24(13-20)33-7;2*1-2/h7-9,12-13,19,21-24,31H,10-11,14-18H2,1-6H3;11,15-18,20,22-24,26-27,31H,9-10,12-14H2,1-8H3;1-2H3;2H2,1H3/b9-7+,12-8+,20-13+;19-11+;;. The van der Waals surface area contributed by atoms with E-state index in [1.165, 1.54) is 14.2 Å². The van der Waals surface area contributed by atoms with E-state index >= 15 is 0 Å². The Hall–Kier alpha value is -3.41. The number of ether oxygens (including phenoxy) is 6. The van der Waals surface area contributed by atoms with Crippen LogP contribution in [0.3, 0.4) is 0 Å². The number of Topliss-reactive ketones (excluding diaryl/α,β-unsaturated/α-hetero) is 3. The van der Waals surface area contributed by atoms with Crippen molar-refractivity contribution in [2.45, 2.75) is 208 Å². The molecule has 416 valence electrons. The normalized spacial score (nSPS) is 26.4. The molecule has 13 atom stereocenters. The molecule has 13 unspecified atom stereocenters. The lowest BCUT2D eigenvalue weighted by molar-refractivity contribution is -0.265. The molecule has 2 aliphatic heterocycles. The number of aliphatic hydroxyl groups is 2. The molecule has 0 aromatic heterocycles. The van der Waals surface area contributed by atoms with Crippen molar-refractivity contribution in [3.63, 3.8) is 0 Å². The van der Waals surface area contributed by atoms with Crippen molar-refractivity contribution in [1.29, 1.82) is 0 Å². The Kier molecular flexibility index (Phi) is 34.8. The minimum atomic E-state index is -2.09. The van der Waals surface area contributed by atoms with Crippen molar-refractivity contribution < 1.29 is 62.6 Å². The average molecular weight is 1020 g/mol. The number of hydrogen-bond donors (Lipinski definition) is 3. The minimum absolute atomic E-state index is 0.00240. The Bertz CT molecular complexity index is 1710. The monoisotopic (exact) mass is 1020 g/mol. The summed E-state index contributed by atoms with van der Waals surface area (Å²) in [6.07, 6.45) is 16.9. The average Bonchev–Trinajstić information content (AvgIpc) is 3.37. The summed E-state index contributed by atoms with van der Waals surface area (Å²) >= 11 is 0. The number of piperidine rings is 1. The van der Waals surface area contributed by atoms with E-state index in [1.807, 2.05) is 58.9 Å². The Morgan fingerprint density at radius 3 is 2.00 bits per heavy atom. The predicted octanol–water partition coefficient (Wildman–Crippen LogP) is 8.71. The van der Waals surface area contributed by atoms with Crippen molar-refractivity contribution in [1.82, 2.24) is 4.90 Å². The molecule has 0 radical (unpaired) electrons. The topological polar surface area (TPSA) is 210 Å². The fourth-order valence-corrected chi connectivity index (χ4v) is 9.55. The van der Waals surface area contributed by atoms with Gasteiger partial charge in [-0.1, -0.05) is 98.8 Å². The van der Waals surface area contributed by atoms with Gasteiger partial charge in [-0.05, 0) is 115 Å². The first-order chi connectivity index (χ1) is 34.1. The first kappa shape index (κ1) is 68.6. The highest BCUT2D eigenvalue weighted by Gasteiger charge is 2.52. The molecule has 1 saturated carbocycles. The van der Waals surface area contributed by atoms with Gasteiger partial charge in [0.25, 0.3) is 18.2 Å². The third kappa shape index (κ3) is 22.2. The van der Waals surface area contributed by atoms with E-state index in [0.717, 1.165) is 50.5 Å². The molecule has 3 aliphatic rings. The smallest absolute Gasteiger partial charge is 0.296 e. The van der Waals surface area contributed by atoms with Gasteiger partial charge in [0, 0.05) is 71.6 Å². The molecule has 1 aliphatic carbocycles.